The van der Waals surface area contributed by atoms with Crippen LogP contribution in [0.2, 0.25) is 0 Å². The molecule has 2 atom stereocenters. The summed E-state index contributed by atoms with van der Waals surface area (Å²) < 4.78 is 6.18. The summed E-state index contributed by atoms with van der Waals surface area (Å²) >= 11 is 3.50. The van der Waals surface area contributed by atoms with Crippen LogP contribution in [0, 0.1) is 12.8 Å². The summed E-state index contributed by atoms with van der Waals surface area (Å²) in [5, 5.41) is 0. The summed E-state index contributed by atoms with van der Waals surface area (Å²) in [6, 6.07) is 5.99. The number of carbonyl (C=O) groups excluding carboxylic acids is 2. The molecule has 2 aliphatic heterocycles. The highest BCUT2D eigenvalue weighted by molar-refractivity contribution is 9.10. The Morgan fingerprint density at radius 1 is 1.23 bits per heavy atom. The van der Waals surface area contributed by atoms with E-state index >= 15 is 0 Å². The van der Waals surface area contributed by atoms with Crippen molar-refractivity contribution >= 4 is 33.4 Å². The van der Waals surface area contributed by atoms with Gasteiger partial charge in [0.2, 0.25) is 0 Å². The number of carbonyl (C=O) groups is 2. The van der Waals surface area contributed by atoms with E-state index in [-0.39, 0.29) is 30.2 Å². The van der Waals surface area contributed by atoms with Crippen LogP contribution in [0.1, 0.15) is 29.9 Å². The van der Waals surface area contributed by atoms with Crippen molar-refractivity contribution in [3.63, 3.8) is 0 Å². The van der Waals surface area contributed by atoms with Crippen LogP contribution >= 0.6 is 15.9 Å². The van der Waals surface area contributed by atoms with Gasteiger partial charge in [0.1, 0.15) is 12.4 Å². The van der Waals surface area contributed by atoms with E-state index in [9.17, 15) is 9.59 Å². The number of aryl methyl sites for hydroxylation is 1. The minimum atomic E-state index is -0.330. The van der Waals surface area contributed by atoms with Crippen LogP contribution in [0.4, 0.5) is 0 Å². The molecule has 0 radical (unpaired) electrons. The number of nitrogens with zero attached hydrogens (tertiary/aromatic N) is 1. The maximum atomic E-state index is 12.4. The number of hydrogen-bond acceptors (Lipinski definition) is 4. The number of Topliss-reactive ketones (excluding diaryl/α,β-unsaturated/α-hetero) is 1. The first-order chi connectivity index (χ1) is 10.6. The van der Waals surface area contributed by atoms with Crippen molar-refractivity contribution in [2.45, 2.75) is 25.7 Å². The number of rotatable bonds is 1. The number of esters is 1. The molecular formula is C17H14BrNO3. The van der Waals surface area contributed by atoms with Crippen LogP contribution in [0.15, 0.2) is 38.9 Å². The number of fused-ring (bicyclic) bond motifs is 1. The first kappa shape index (κ1) is 13.9. The van der Waals surface area contributed by atoms with Crippen LogP contribution in [-0.2, 0) is 14.3 Å². The highest BCUT2D eigenvalue weighted by atomic mass is 79.9. The van der Waals surface area contributed by atoms with Crippen LogP contribution in [0.3, 0.4) is 0 Å². The minimum absolute atomic E-state index is 0.176. The Bertz CT molecular complexity index is 778. The van der Waals surface area contributed by atoms with Crippen LogP contribution in [0.5, 0.6) is 0 Å². The number of benzene rings is 1. The van der Waals surface area contributed by atoms with Gasteiger partial charge in [0, 0.05) is 22.5 Å². The van der Waals surface area contributed by atoms with E-state index in [4.69, 9.17) is 4.74 Å². The van der Waals surface area contributed by atoms with Gasteiger partial charge in [-0.15, -0.1) is 0 Å². The lowest BCUT2D eigenvalue weighted by Gasteiger charge is -2.27. The Morgan fingerprint density at radius 2 is 2.05 bits per heavy atom. The molecule has 1 saturated carbocycles. The number of aliphatic imine (C=N–C) groups is 1. The third-order valence-electron chi connectivity index (χ3n) is 4.67. The molecule has 4 nitrogen and oxygen atoms in total. The van der Waals surface area contributed by atoms with E-state index in [0.717, 1.165) is 21.3 Å². The molecule has 1 aromatic carbocycles. The molecule has 2 heterocycles. The number of cyclic esters (lactones) is 1. The molecule has 1 aromatic rings. The van der Waals surface area contributed by atoms with Gasteiger partial charge in [0.25, 0.3) is 0 Å². The predicted octanol–water partition coefficient (Wildman–Crippen LogP) is 3.09. The normalized spacial score (nSPS) is 26.7. The molecule has 0 aromatic heterocycles. The van der Waals surface area contributed by atoms with E-state index in [1.54, 1.807) is 0 Å². The zero-order chi connectivity index (χ0) is 15.4. The second kappa shape index (κ2) is 4.88. The Labute approximate surface area is 136 Å². The molecule has 3 aliphatic rings. The van der Waals surface area contributed by atoms with Gasteiger partial charge in [-0.3, -0.25) is 9.79 Å². The van der Waals surface area contributed by atoms with Gasteiger partial charge >= 0.3 is 5.97 Å². The first-order valence-electron chi connectivity index (χ1n) is 7.32. The largest absolute Gasteiger partial charge is 0.456 e. The predicted molar refractivity (Wildman–Crippen MR) is 84.8 cm³/mol. The van der Waals surface area contributed by atoms with Crippen LogP contribution in [-0.4, -0.2) is 24.1 Å². The molecule has 0 bridgehead atoms. The molecular weight excluding hydrogens is 346 g/mol. The van der Waals surface area contributed by atoms with Gasteiger partial charge in [-0.05, 0) is 30.5 Å². The first-order valence-corrected chi connectivity index (χ1v) is 8.12. The maximum Gasteiger partial charge on any atom is 0.337 e. The van der Waals surface area contributed by atoms with Gasteiger partial charge in [-0.1, -0.05) is 28.1 Å². The molecule has 112 valence electrons. The summed E-state index contributed by atoms with van der Waals surface area (Å²) in [7, 11) is 0. The molecule has 0 amide bonds. The molecule has 4 rings (SSSR count). The van der Waals surface area contributed by atoms with Gasteiger partial charge < -0.3 is 4.74 Å². The topological polar surface area (TPSA) is 55.7 Å². The molecule has 5 heteroatoms. The number of halogens is 1. The summed E-state index contributed by atoms with van der Waals surface area (Å²) in [6.45, 7) is 2.23. The summed E-state index contributed by atoms with van der Waals surface area (Å²) in [4.78, 5) is 29.1. The van der Waals surface area contributed by atoms with E-state index < -0.39 is 0 Å². The smallest absolute Gasteiger partial charge is 0.337 e. The van der Waals surface area contributed by atoms with Gasteiger partial charge in [-0.25, -0.2) is 4.79 Å². The van der Waals surface area contributed by atoms with Crippen molar-refractivity contribution < 1.29 is 14.3 Å². The van der Waals surface area contributed by atoms with Gasteiger partial charge in [0.15, 0.2) is 0 Å². The maximum absolute atomic E-state index is 12.4. The van der Waals surface area contributed by atoms with Gasteiger partial charge in [0.05, 0.1) is 17.2 Å². The van der Waals surface area contributed by atoms with Gasteiger partial charge in [-0.2, -0.15) is 0 Å². The lowest BCUT2D eigenvalue weighted by Crippen LogP contribution is -2.29. The second-order valence-corrected chi connectivity index (χ2v) is 6.82. The Morgan fingerprint density at radius 3 is 2.82 bits per heavy atom. The van der Waals surface area contributed by atoms with E-state index in [2.05, 4.69) is 20.9 Å². The minimum Gasteiger partial charge on any atom is -0.456 e. The molecule has 0 N–H and O–H groups in total. The zero-order valence-electron chi connectivity index (χ0n) is 12.1. The van der Waals surface area contributed by atoms with Crippen molar-refractivity contribution in [3.8, 4) is 0 Å². The molecule has 0 spiro atoms. The monoisotopic (exact) mass is 359 g/mol. The molecule has 22 heavy (non-hydrogen) atoms. The van der Waals surface area contributed by atoms with E-state index in [0.29, 0.717) is 24.1 Å². The van der Waals surface area contributed by atoms with Crippen molar-refractivity contribution in [1.29, 1.82) is 0 Å². The molecule has 1 aliphatic carbocycles. The quantitative estimate of drug-likeness (QED) is 0.724. The zero-order valence-corrected chi connectivity index (χ0v) is 13.6. The van der Waals surface area contributed by atoms with E-state index in [1.165, 1.54) is 0 Å². The van der Waals surface area contributed by atoms with E-state index in [1.807, 2.05) is 25.1 Å². The Balaban J connectivity index is 1.90. The Kier molecular flexibility index (Phi) is 3.08. The summed E-state index contributed by atoms with van der Waals surface area (Å²) in [6.07, 6.45) is 1.21. The number of ether oxygens (including phenoxy) is 1. The lowest BCUT2D eigenvalue weighted by molar-refractivity contribution is -0.136. The van der Waals surface area contributed by atoms with Crippen molar-refractivity contribution in [1.82, 2.24) is 0 Å². The highest BCUT2D eigenvalue weighted by Gasteiger charge is 2.47. The summed E-state index contributed by atoms with van der Waals surface area (Å²) in [5.74, 6) is -0.706. The fourth-order valence-electron chi connectivity index (χ4n) is 3.62. The van der Waals surface area contributed by atoms with Crippen molar-refractivity contribution in [2.75, 3.05) is 6.61 Å². The van der Waals surface area contributed by atoms with Crippen LogP contribution < -0.4 is 0 Å². The highest BCUT2D eigenvalue weighted by Crippen LogP contribution is 2.46. The number of ketones is 1. The fourth-order valence-corrected chi connectivity index (χ4v) is 3.87. The summed E-state index contributed by atoms with van der Waals surface area (Å²) in [5.41, 5.74) is 4.26. The van der Waals surface area contributed by atoms with Crippen LogP contribution in [0.25, 0.3) is 0 Å². The third-order valence-corrected chi connectivity index (χ3v) is 5.56. The molecule has 2 unspecified atom stereocenters. The standard InChI is InChI=1S/C17H14BrNO3/c1-8-6-9(2-3-10(8)18)14-15-11(4-5-13(15)20)19-12-7-22-17(21)16(12)14/h2-3,6,14-15H,4-5,7H2,1H3. The SMILES string of the molecule is Cc1cc(C2C3=C(COC3=O)N=C3CCC(=O)C32)ccc1Br. The lowest BCUT2D eigenvalue weighted by atomic mass is 9.76. The third kappa shape index (κ3) is 1.92. The Hall–Kier alpha value is -1.75. The fraction of sp³-hybridized carbons (Fsp3) is 0.353. The number of hydrogen-bond donors (Lipinski definition) is 0. The van der Waals surface area contributed by atoms with Crippen molar-refractivity contribution in [3.05, 3.63) is 45.1 Å². The second-order valence-electron chi connectivity index (χ2n) is 5.97. The average molecular weight is 360 g/mol. The van der Waals surface area contributed by atoms with Crippen molar-refractivity contribution in [2.24, 2.45) is 10.9 Å². The average Bonchev–Trinajstić information content (AvgIpc) is 3.05. The molecule has 0 saturated heterocycles. The molecule has 1 fully saturated rings.